The van der Waals surface area contributed by atoms with Crippen molar-refractivity contribution in [1.29, 1.82) is 0 Å². The van der Waals surface area contributed by atoms with E-state index in [1.807, 2.05) is 18.3 Å². The minimum atomic E-state index is -0.191. The van der Waals surface area contributed by atoms with Gasteiger partial charge in [-0.05, 0) is 18.9 Å². The molecule has 1 fully saturated rings. The summed E-state index contributed by atoms with van der Waals surface area (Å²) in [4.78, 5) is 37.3. The van der Waals surface area contributed by atoms with Crippen LogP contribution < -0.4 is 11.1 Å². The van der Waals surface area contributed by atoms with Gasteiger partial charge in [0.1, 0.15) is 0 Å². The van der Waals surface area contributed by atoms with Gasteiger partial charge >= 0.3 is 0 Å². The van der Waals surface area contributed by atoms with E-state index in [0.717, 1.165) is 29.7 Å². The molecule has 0 bridgehead atoms. The molecule has 2 aromatic rings. The van der Waals surface area contributed by atoms with Gasteiger partial charge in [-0.25, -0.2) is 9.97 Å². The maximum absolute atomic E-state index is 12.0. The van der Waals surface area contributed by atoms with Gasteiger partial charge in [0.2, 0.25) is 17.8 Å². The molecule has 0 radical (unpaired) electrons. The second-order valence-electron chi connectivity index (χ2n) is 6.37. The van der Waals surface area contributed by atoms with Crippen molar-refractivity contribution in [3.63, 3.8) is 0 Å². The second-order valence-corrected chi connectivity index (χ2v) is 6.37. The standard InChI is InChI=1S/C18H22N6O2/c1-12(25)20-11-17(26)24-6-4-13(5-7-24)16-3-2-14(8-21-16)15-9-22-18(19)23-10-15/h2-3,8-10,13H,4-7,11H2,1H3,(H,20,25)(H2,19,22,23). The molecule has 0 unspecified atom stereocenters. The fourth-order valence-electron chi connectivity index (χ4n) is 3.04. The summed E-state index contributed by atoms with van der Waals surface area (Å²) in [5, 5.41) is 2.55. The fourth-order valence-corrected chi connectivity index (χ4v) is 3.04. The number of aromatic nitrogens is 3. The Kier molecular flexibility index (Phi) is 5.40. The average molecular weight is 354 g/mol. The maximum Gasteiger partial charge on any atom is 0.241 e. The molecule has 2 amide bonds. The Morgan fingerprint density at radius 2 is 1.77 bits per heavy atom. The number of carbonyl (C=O) groups is 2. The van der Waals surface area contributed by atoms with Gasteiger partial charge in [-0.3, -0.25) is 14.6 Å². The summed E-state index contributed by atoms with van der Waals surface area (Å²) in [6, 6.07) is 4.02. The third-order valence-electron chi connectivity index (χ3n) is 4.55. The Morgan fingerprint density at radius 3 is 2.35 bits per heavy atom. The number of pyridine rings is 1. The van der Waals surface area contributed by atoms with Crippen molar-refractivity contribution >= 4 is 17.8 Å². The number of nitrogens with two attached hydrogens (primary N) is 1. The van der Waals surface area contributed by atoms with Crippen molar-refractivity contribution in [2.45, 2.75) is 25.7 Å². The highest BCUT2D eigenvalue weighted by Crippen LogP contribution is 2.28. The van der Waals surface area contributed by atoms with E-state index in [1.54, 1.807) is 17.3 Å². The Balaban J connectivity index is 1.57. The molecule has 1 saturated heterocycles. The highest BCUT2D eigenvalue weighted by Gasteiger charge is 2.24. The number of hydrogen-bond donors (Lipinski definition) is 2. The molecule has 0 atom stereocenters. The first-order valence-electron chi connectivity index (χ1n) is 8.59. The van der Waals surface area contributed by atoms with Gasteiger partial charge in [-0.15, -0.1) is 0 Å². The predicted molar refractivity (Wildman–Crippen MR) is 96.9 cm³/mol. The van der Waals surface area contributed by atoms with Crippen LogP contribution in [-0.2, 0) is 9.59 Å². The number of hydrogen-bond acceptors (Lipinski definition) is 6. The lowest BCUT2D eigenvalue weighted by Gasteiger charge is -2.31. The predicted octanol–water partition coefficient (Wildman–Crippen LogP) is 0.963. The molecule has 0 aromatic carbocycles. The Hall–Kier alpha value is -3.03. The molecule has 8 nitrogen and oxygen atoms in total. The summed E-state index contributed by atoms with van der Waals surface area (Å²) in [5.41, 5.74) is 8.35. The lowest BCUT2D eigenvalue weighted by atomic mass is 9.92. The molecular formula is C18H22N6O2. The molecule has 2 aromatic heterocycles. The highest BCUT2D eigenvalue weighted by molar-refractivity contribution is 5.83. The van der Waals surface area contributed by atoms with Gasteiger partial charge < -0.3 is 16.0 Å². The van der Waals surface area contributed by atoms with E-state index in [0.29, 0.717) is 19.0 Å². The van der Waals surface area contributed by atoms with E-state index >= 15 is 0 Å². The van der Waals surface area contributed by atoms with Gasteiger partial charge in [-0.1, -0.05) is 6.07 Å². The summed E-state index contributed by atoms with van der Waals surface area (Å²) in [7, 11) is 0. The van der Waals surface area contributed by atoms with Crippen LogP contribution in [0.3, 0.4) is 0 Å². The molecule has 1 aliphatic rings. The molecule has 0 spiro atoms. The number of likely N-dealkylation sites (tertiary alicyclic amines) is 1. The molecule has 8 heteroatoms. The van der Waals surface area contributed by atoms with Gasteiger partial charge in [0.15, 0.2) is 0 Å². The normalized spacial score (nSPS) is 14.9. The lowest BCUT2D eigenvalue weighted by Crippen LogP contribution is -2.43. The monoisotopic (exact) mass is 354 g/mol. The molecule has 3 heterocycles. The van der Waals surface area contributed by atoms with Gasteiger partial charge in [0, 0.05) is 61.3 Å². The van der Waals surface area contributed by atoms with Gasteiger partial charge in [0.25, 0.3) is 0 Å². The zero-order valence-corrected chi connectivity index (χ0v) is 14.7. The summed E-state index contributed by atoms with van der Waals surface area (Å²) in [6.45, 7) is 2.83. The molecular weight excluding hydrogens is 332 g/mol. The largest absolute Gasteiger partial charge is 0.368 e. The Bertz CT molecular complexity index is 767. The van der Waals surface area contributed by atoms with E-state index in [4.69, 9.17) is 5.73 Å². The van der Waals surface area contributed by atoms with Gasteiger partial charge in [0.05, 0.1) is 6.54 Å². The van der Waals surface area contributed by atoms with Crippen molar-refractivity contribution in [2.24, 2.45) is 0 Å². The number of rotatable bonds is 4. The average Bonchev–Trinajstić information content (AvgIpc) is 2.67. The van der Waals surface area contributed by atoms with Crippen molar-refractivity contribution < 1.29 is 9.59 Å². The quantitative estimate of drug-likeness (QED) is 0.845. The summed E-state index contributed by atoms with van der Waals surface area (Å²) >= 11 is 0. The first-order valence-corrected chi connectivity index (χ1v) is 8.59. The van der Waals surface area contributed by atoms with E-state index in [1.165, 1.54) is 6.92 Å². The van der Waals surface area contributed by atoms with E-state index in [-0.39, 0.29) is 24.3 Å². The fraction of sp³-hybridized carbons (Fsp3) is 0.389. The van der Waals surface area contributed by atoms with Crippen LogP contribution in [0.15, 0.2) is 30.7 Å². The Labute approximate surface area is 151 Å². The number of piperidine rings is 1. The molecule has 26 heavy (non-hydrogen) atoms. The molecule has 0 saturated carbocycles. The SMILES string of the molecule is CC(=O)NCC(=O)N1CCC(c2ccc(-c3cnc(N)nc3)cn2)CC1. The van der Waals surface area contributed by atoms with Crippen LogP contribution in [-0.4, -0.2) is 51.3 Å². The molecule has 0 aliphatic carbocycles. The minimum Gasteiger partial charge on any atom is -0.368 e. The van der Waals surface area contributed by atoms with Gasteiger partial charge in [-0.2, -0.15) is 0 Å². The molecule has 3 rings (SSSR count). The van der Waals surface area contributed by atoms with Crippen LogP contribution in [0.5, 0.6) is 0 Å². The van der Waals surface area contributed by atoms with Crippen molar-refractivity contribution in [3.8, 4) is 11.1 Å². The van der Waals surface area contributed by atoms with E-state index in [9.17, 15) is 9.59 Å². The Morgan fingerprint density at radius 1 is 1.12 bits per heavy atom. The van der Waals surface area contributed by atoms with Crippen LogP contribution in [0.4, 0.5) is 5.95 Å². The second kappa shape index (κ2) is 7.90. The number of amides is 2. The summed E-state index contributed by atoms with van der Waals surface area (Å²) in [5.74, 6) is 0.351. The zero-order chi connectivity index (χ0) is 18.5. The minimum absolute atomic E-state index is 0.0368. The first-order chi connectivity index (χ1) is 12.5. The van der Waals surface area contributed by atoms with E-state index < -0.39 is 0 Å². The highest BCUT2D eigenvalue weighted by atomic mass is 16.2. The van der Waals surface area contributed by atoms with Crippen molar-refractivity contribution in [1.82, 2.24) is 25.2 Å². The van der Waals surface area contributed by atoms with Crippen LogP contribution in [0, 0.1) is 0 Å². The van der Waals surface area contributed by atoms with Crippen LogP contribution in [0.2, 0.25) is 0 Å². The molecule has 136 valence electrons. The van der Waals surface area contributed by atoms with Crippen LogP contribution >= 0.6 is 0 Å². The third-order valence-corrected chi connectivity index (χ3v) is 4.55. The topological polar surface area (TPSA) is 114 Å². The zero-order valence-electron chi connectivity index (χ0n) is 14.7. The van der Waals surface area contributed by atoms with Crippen molar-refractivity contribution in [2.75, 3.05) is 25.4 Å². The third kappa shape index (κ3) is 4.33. The van der Waals surface area contributed by atoms with Crippen molar-refractivity contribution in [3.05, 3.63) is 36.4 Å². The van der Waals surface area contributed by atoms with Crippen LogP contribution in [0.25, 0.3) is 11.1 Å². The number of nitrogen functional groups attached to an aromatic ring is 1. The lowest BCUT2D eigenvalue weighted by molar-refractivity contribution is -0.133. The summed E-state index contributed by atoms with van der Waals surface area (Å²) < 4.78 is 0. The first kappa shape index (κ1) is 17.8. The van der Waals surface area contributed by atoms with E-state index in [2.05, 4.69) is 20.3 Å². The smallest absolute Gasteiger partial charge is 0.241 e. The number of carbonyl (C=O) groups excluding carboxylic acids is 2. The number of nitrogens with one attached hydrogen (secondary N) is 1. The number of nitrogens with zero attached hydrogens (tertiary/aromatic N) is 4. The maximum atomic E-state index is 12.0. The number of anilines is 1. The van der Waals surface area contributed by atoms with Crippen LogP contribution in [0.1, 0.15) is 31.4 Å². The molecule has 3 N–H and O–H groups in total. The molecule has 1 aliphatic heterocycles. The summed E-state index contributed by atoms with van der Waals surface area (Å²) in [6.07, 6.45) is 6.90.